The Morgan fingerprint density at radius 3 is 2.74 bits per heavy atom. The van der Waals surface area contributed by atoms with Gasteiger partial charge in [0.1, 0.15) is 23.2 Å². The fourth-order valence-corrected chi connectivity index (χ4v) is 3.12. The average molecular weight is 441 g/mol. The third-order valence-corrected chi connectivity index (χ3v) is 4.71. The number of amidine groups is 1. The first-order valence-corrected chi connectivity index (χ1v) is 9.08. The molecule has 2 aromatic rings. The van der Waals surface area contributed by atoms with Crippen molar-refractivity contribution in [2.45, 2.75) is 37.8 Å². The van der Waals surface area contributed by atoms with Gasteiger partial charge in [0.15, 0.2) is 12.3 Å². The van der Waals surface area contributed by atoms with Crippen LogP contribution >= 0.6 is 0 Å². The number of carbonyl (C=O) groups is 1. The number of nitrogens with one attached hydrogen (secondary N) is 1. The molecule has 1 aliphatic heterocycles. The predicted octanol–water partition coefficient (Wildman–Crippen LogP) is 2.80. The molecule has 0 saturated heterocycles. The molecule has 1 aliphatic rings. The minimum absolute atomic E-state index is 0.0887. The molecule has 3 N–H and O–H groups in total. The van der Waals surface area contributed by atoms with Gasteiger partial charge < -0.3 is 20.5 Å². The van der Waals surface area contributed by atoms with E-state index < -0.39 is 48.6 Å². The second kappa shape index (κ2) is 8.74. The Morgan fingerprint density at radius 2 is 2.13 bits per heavy atom. The van der Waals surface area contributed by atoms with Gasteiger partial charge in [-0.25, -0.2) is 32.5 Å². The standard InChI is InChI=1S/C19H19F4N5O3/c1-9(21)15-16(23)19(2,28-18(24)31-15)11-5-10(3-4-12(11)22)27-17(29)13-6-26-14(7-25-13)30-8-20/h3-7,9,15-16H,8H2,1-2H3,(H2,24,28)(H,27,29)/t9-,15-,16+,19-/m1/s1. The number of amides is 1. The van der Waals surface area contributed by atoms with Crippen molar-refractivity contribution < 1.29 is 31.8 Å². The molecule has 0 saturated carbocycles. The Labute approximate surface area is 174 Å². The highest BCUT2D eigenvalue weighted by Crippen LogP contribution is 2.40. The third-order valence-electron chi connectivity index (χ3n) is 4.71. The van der Waals surface area contributed by atoms with Crippen molar-refractivity contribution in [2.24, 2.45) is 10.7 Å². The lowest BCUT2D eigenvalue weighted by atomic mass is 9.83. The molecule has 1 aromatic heterocycles. The van der Waals surface area contributed by atoms with Gasteiger partial charge in [0.25, 0.3) is 11.9 Å². The van der Waals surface area contributed by atoms with Crippen molar-refractivity contribution in [3.8, 4) is 5.88 Å². The van der Waals surface area contributed by atoms with E-state index in [1.807, 2.05) is 0 Å². The zero-order valence-electron chi connectivity index (χ0n) is 16.5. The Balaban J connectivity index is 1.89. The quantitative estimate of drug-likeness (QED) is 0.667. The summed E-state index contributed by atoms with van der Waals surface area (Å²) in [6.07, 6.45) is -3.27. The molecule has 0 radical (unpaired) electrons. The molecule has 166 valence electrons. The number of benzene rings is 1. The molecule has 2 heterocycles. The van der Waals surface area contributed by atoms with E-state index >= 15 is 4.39 Å². The van der Waals surface area contributed by atoms with Gasteiger partial charge in [0.2, 0.25) is 12.7 Å². The summed E-state index contributed by atoms with van der Waals surface area (Å²) in [5.41, 5.74) is 3.37. The van der Waals surface area contributed by atoms with Crippen LogP contribution < -0.4 is 15.8 Å². The zero-order chi connectivity index (χ0) is 22.8. The van der Waals surface area contributed by atoms with Gasteiger partial charge in [0, 0.05) is 11.3 Å². The van der Waals surface area contributed by atoms with Crippen LogP contribution in [0.15, 0.2) is 35.6 Å². The molecule has 0 fully saturated rings. The highest BCUT2D eigenvalue weighted by atomic mass is 19.2. The Morgan fingerprint density at radius 1 is 1.39 bits per heavy atom. The number of alkyl halides is 3. The number of rotatable bonds is 6. The molecule has 1 aromatic carbocycles. The molecule has 0 aliphatic carbocycles. The number of nitrogens with two attached hydrogens (primary N) is 1. The highest BCUT2D eigenvalue weighted by Gasteiger charge is 2.50. The van der Waals surface area contributed by atoms with Gasteiger partial charge in [-0.2, -0.15) is 0 Å². The minimum Gasteiger partial charge on any atom is -0.456 e. The van der Waals surface area contributed by atoms with E-state index in [-0.39, 0.29) is 22.8 Å². The van der Waals surface area contributed by atoms with Crippen LogP contribution in [0.5, 0.6) is 5.88 Å². The molecule has 8 nitrogen and oxygen atoms in total. The predicted molar refractivity (Wildman–Crippen MR) is 102 cm³/mol. The van der Waals surface area contributed by atoms with E-state index in [9.17, 15) is 18.0 Å². The molecule has 3 rings (SSSR count). The summed E-state index contributed by atoms with van der Waals surface area (Å²) in [6, 6.07) is 2.92. The number of halogens is 4. The van der Waals surface area contributed by atoms with Crippen molar-refractivity contribution in [2.75, 3.05) is 12.2 Å². The number of hydrogen-bond acceptors (Lipinski definition) is 7. The monoisotopic (exact) mass is 441 g/mol. The van der Waals surface area contributed by atoms with Crippen molar-refractivity contribution in [3.05, 3.63) is 47.7 Å². The van der Waals surface area contributed by atoms with Crippen molar-refractivity contribution in [1.29, 1.82) is 0 Å². The van der Waals surface area contributed by atoms with E-state index in [4.69, 9.17) is 10.5 Å². The number of anilines is 1. The van der Waals surface area contributed by atoms with E-state index in [2.05, 4.69) is 25.0 Å². The number of hydrogen-bond donors (Lipinski definition) is 2. The first kappa shape index (κ1) is 22.2. The van der Waals surface area contributed by atoms with Gasteiger partial charge >= 0.3 is 0 Å². The van der Waals surface area contributed by atoms with Crippen LogP contribution in [0.25, 0.3) is 0 Å². The van der Waals surface area contributed by atoms with Crippen LogP contribution in [0, 0.1) is 5.82 Å². The first-order chi connectivity index (χ1) is 14.7. The topological polar surface area (TPSA) is 112 Å². The largest absolute Gasteiger partial charge is 0.456 e. The number of ether oxygens (including phenoxy) is 2. The van der Waals surface area contributed by atoms with Gasteiger partial charge in [-0.1, -0.05) is 0 Å². The summed E-state index contributed by atoms with van der Waals surface area (Å²) in [7, 11) is 0. The lowest BCUT2D eigenvalue weighted by Gasteiger charge is -2.39. The van der Waals surface area contributed by atoms with Crippen LogP contribution in [-0.4, -0.2) is 47.2 Å². The maximum Gasteiger partial charge on any atom is 0.283 e. The van der Waals surface area contributed by atoms with Gasteiger partial charge in [-0.15, -0.1) is 0 Å². The number of aliphatic imine (C=N–C) groups is 1. The average Bonchev–Trinajstić information content (AvgIpc) is 2.72. The number of carbonyl (C=O) groups excluding carboxylic acids is 1. The second-order valence-corrected chi connectivity index (χ2v) is 6.90. The van der Waals surface area contributed by atoms with Crippen molar-refractivity contribution in [1.82, 2.24) is 9.97 Å². The Hall–Kier alpha value is -3.44. The highest BCUT2D eigenvalue weighted by molar-refractivity contribution is 6.02. The van der Waals surface area contributed by atoms with Crippen molar-refractivity contribution in [3.63, 3.8) is 0 Å². The zero-order valence-corrected chi connectivity index (χ0v) is 16.5. The van der Waals surface area contributed by atoms with Crippen LogP contribution in [0.3, 0.4) is 0 Å². The lowest BCUT2D eigenvalue weighted by molar-refractivity contribution is -0.0230. The molecule has 31 heavy (non-hydrogen) atoms. The molecule has 1 amide bonds. The maximum atomic E-state index is 15.1. The molecule has 12 heteroatoms. The number of nitrogens with zero attached hydrogens (tertiary/aromatic N) is 3. The van der Waals surface area contributed by atoms with Crippen LogP contribution in [0.4, 0.5) is 23.2 Å². The second-order valence-electron chi connectivity index (χ2n) is 6.90. The van der Waals surface area contributed by atoms with Gasteiger partial charge in [-0.05, 0) is 32.0 Å². The lowest BCUT2D eigenvalue weighted by Crippen LogP contribution is -2.52. The SMILES string of the molecule is C[C@@H](F)[C@H]1OC(N)=N[C@](C)(c2cc(NC(=O)c3cnc(OCF)cn3)ccc2F)[C@H]1F. The summed E-state index contributed by atoms with van der Waals surface area (Å²) in [5.74, 6) is -1.67. The van der Waals surface area contributed by atoms with Crippen LogP contribution in [0.1, 0.15) is 29.9 Å². The summed E-state index contributed by atoms with van der Waals surface area (Å²) in [6.45, 7) is 1.24. The van der Waals surface area contributed by atoms with E-state index in [1.165, 1.54) is 13.0 Å². The Bertz CT molecular complexity index is 989. The number of aromatic nitrogens is 2. The first-order valence-electron chi connectivity index (χ1n) is 9.08. The Kier molecular flexibility index (Phi) is 6.27. The fourth-order valence-electron chi connectivity index (χ4n) is 3.12. The fraction of sp³-hybridized carbons (Fsp3) is 0.368. The van der Waals surface area contributed by atoms with Crippen LogP contribution in [-0.2, 0) is 10.3 Å². The molecule has 4 atom stereocenters. The van der Waals surface area contributed by atoms with E-state index in [0.717, 1.165) is 31.5 Å². The molecular weight excluding hydrogens is 422 g/mol. The minimum atomic E-state index is -2.06. The van der Waals surface area contributed by atoms with E-state index in [1.54, 1.807) is 0 Å². The molecular formula is C19H19F4N5O3. The molecule has 0 spiro atoms. The summed E-state index contributed by atoms with van der Waals surface area (Å²) < 4.78 is 65.1. The molecule has 0 unspecified atom stereocenters. The third kappa shape index (κ3) is 4.52. The smallest absolute Gasteiger partial charge is 0.283 e. The van der Waals surface area contributed by atoms with Crippen LogP contribution in [0.2, 0.25) is 0 Å². The summed E-state index contributed by atoms with van der Waals surface area (Å²) in [4.78, 5) is 23.8. The van der Waals surface area contributed by atoms with E-state index in [0.29, 0.717) is 0 Å². The van der Waals surface area contributed by atoms with Gasteiger partial charge in [-0.3, -0.25) is 4.79 Å². The maximum absolute atomic E-state index is 15.1. The van der Waals surface area contributed by atoms with Gasteiger partial charge in [0.05, 0.1) is 12.4 Å². The van der Waals surface area contributed by atoms with Crippen molar-refractivity contribution >= 4 is 17.6 Å². The summed E-state index contributed by atoms with van der Waals surface area (Å²) in [5, 5.41) is 2.46. The normalized spacial score (nSPS) is 24.0. The summed E-state index contributed by atoms with van der Waals surface area (Å²) >= 11 is 0. The molecule has 0 bridgehead atoms.